The molecule has 4 heteroatoms. The maximum absolute atomic E-state index is 11.3. The van der Waals surface area contributed by atoms with Crippen LogP contribution in [0, 0.1) is 11.8 Å². The Balaban J connectivity index is 0.00000256. The molecule has 17 heavy (non-hydrogen) atoms. The fourth-order valence-electron chi connectivity index (χ4n) is 2.30. The van der Waals surface area contributed by atoms with Crippen molar-refractivity contribution in [2.45, 2.75) is 38.5 Å². The van der Waals surface area contributed by atoms with E-state index in [9.17, 15) is 4.79 Å². The van der Waals surface area contributed by atoms with Crippen LogP contribution < -0.4 is 5.73 Å². The number of carbonyl (C=O) groups excluding carboxylic acids is 1. The molecular formula is C13H24ClNO2. The van der Waals surface area contributed by atoms with E-state index in [1.165, 1.54) is 25.7 Å². The molecule has 3 nitrogen and oxygen atoms in total. The van der Waals surface area contributed by atoms with Crippen molar-refractivity contribution < 1.29 is 9.53 Å². The summed E-state index contributed by atoms with van der Waals surface area (Å²) in [6.07, 6.45) is 8.00. The van der Waals surface area contributed by atoms with E-state index in [2.05, 4.69) is 6.58 Å². The normalized spacial score (nSPS) is 23.6. The fourth-order valence-corrected chi connectivity index (χ4v) is 2.30. The lowest BCUT2D eigenvalue weighted by atomic mass is 9.80. The highest BCUT2D eigenvalue weighted by molar-refractivity contribution is 5.85. The molecule has 0 aromatic rings. The fraction of sp³-hybridized carbons (Fsp3) is 0.769. The molecule has 1 saturated carbocycles. The minimum Gasteiger partial charge on any atom is -0.461 e. The maximum Gasteiger partial charge on any atom is 0.306 e. The molecule has 0 aromatic heterocycles. The summed E-state index contributed by atoms with van der Waals surface area (Å²) >= 11 is 0. The molecule has 0 spiro atoms. The topological polar surface area (TPSA) is 52.3 Å². The van der Waals surface area contributed by atoms with E-state index in [1.54, 1.807) is 6.08 Å². The molecule has 100 valence electrons. The first kappa shape index (κ1) is 16.5. The number of hydrogen-bond acceptors (Lipinski definition) is 3. The second-order valence-corrected chi connectivity index (χ2v) is 4.63. The molecule has 0 unspecified atom stereocenters. The minimum absolute atomic E-state index is 0. The molecular weight excluding hydrogens is 238 g/mol. The summed E-state index contributed by atoms with van der Waals surface area (Å²) in [5.41, 5.74) is 5.64. The van der Waals surface area contributed by atoms with Crippen molar-refractivity contribution in [3.8, 4) is 0 Å². The molecule has 0 atom stereocenters. The van der Waals surface area contributed by atoms with Crippen molar-refractivity contribution in [2.75, 3.05) is 13.2 Å². The van der Waals surface area contributed by atoms with Crippen LogP contribution in [0.1, 0.15) is 38.5 Å². The zero-order valence-corrected chi connectivity index (χ0v) is 11.2. The average Bonchev–Trinajstić information content (AvgIpc) is 2.34. The lowest BCUT2D eigenvalue weighted by molar-refractivity contribution is -0.142. The van der Waals surface area contributed by atoms with Crippen LogP contribution in [0.2, 0.25) is 0 Å². The second-order valence-electron chi connectivity index (χ2n) is 4.63. The predicted octanol–water partition coefficient (Wildman–Crippen LogP) is 2.68. The Bertz CT molecular complexity index is 225. The summed E-state index contributed by atoms with van der Waals surface area (Å²) in [6, 6.07) is 0. The molecule has 2 N–H and O–H groups in total. The van der Waals surface area contributed by atoms with Crippen LogP contribution >= 0.6 is 12.4 Å². The number of carbonyl (C=O) groups is 1. The smallest absolute Gasteiger partial charge is 0.306 e. The van der Waals surface area contributed by atoms with Crippen LogP contribution in [0.15, 0.2) is 12.7 Å². The van der Waals surface area contributed by atoms with Gasteiger partial charge in [0.1, 0.15) is 6.61 Å². The molecule has 0 heterocycles. The van der Waals surface area contributed by atoms with Crippen LogP contribution in [-0.4, -0.2) is 19.1 Å². The van der Waals surface area contributed by atoms with E-state index in [1.807, 2.05) is 0 Å². The number of halogens is 1. The lowest BCUT2D eigenvalue weighted by Gasteiger charge is -2.27. The van der Waals surface area contributed by atoms with E-state index >= 15 is 0 Å². The van der Waals surface area contributed by atoms with E-state index in [0.29, 0.717) is 24.9 Å². The van der Waals surface area contributed by atoms with Gasteiger partial charge in [0.15, 0.2) is 0 Å². The SMILES string of the molecule is C=CCOC(=O)CC[C@H]1CC[C@H](CN)CC1.Cl. The number of rotatable bonds is 6. The van der Waals surface area contributed by atoms with E-state index in [0.717, 1.165) is 13.0 Å². The summed E-state index contributed by atoms with van der Waals surface area (Å²) in [5, 5.41) is 0. The van der Waals surface area contributed by atoms with Crippen molar-refractivity contribution in [1.29, 1.82) is 0 Å². The minimum atomic E-state index is -0.0964. The third-order valence-corrected chi connectivity index (χ3v) is 3.42. The predicted molar refractivity (Wildman–Crippen MR) is 72.1 cm³/mol. The van der Waals surface area contributed by atoms with Gasteiger partial charge in [-0.1, -0.05) is 25.5 Å². The Morgan fingerprint density at radius 3 is 2.41 bits per heavy atom. The zero-order chi connectivity index (χ0) is 11.8. The number of ether oxygens (including phenoxy) is 1. The molecule has 0 saturated heterocycles. The quantitative estimate of drug-likeness (QED) is 0.591. The summed E-state index contributed by atoms with van der Waals surface area (Å²) in [5.74, 6) is 1.31. The Kier molecular flexibility index (Phi) is 9.18. The first-order valence-electron chi connectivity index (χ1n) is 6.22. The van der Waals surface area contributed by atoms with Gasteiger partial charge in [0.2, 0.25) is 0 Å². The van der Waals surface area contributed by atoms with Crippen molar-refractivity contribution in [1.82, 2.24) is 0 Å². The van der Waals surface area contributed by atoms with Crippen LogP contribution in [0.3, 0.4) is 0 Å². The van der Waals surface area contributed by atoms with Gasteiger partial charge in [-0.05, 0) is 37.6 Å². The van der Waals surface area contributed by atoms with Gasteiger partial charge < -0.3 is 10.5 Å². The van der Waals surface area contributed by atoms with Crippen LogP contribution in [0.25, 0.3) is 0 Å². The highest BCUT2D eigenvalue weighted by Gasteiger charge is 2.20. The van der Waals surface area contributed by atoms with Crippen LogP contribution in [0.5, 0.6) is 0 Å². The molecule has 0 aromatic carbocycles. The van der Waals surface area contributed by atoms with Crippen LogP contribution in [0.4, 0.5) is 0 Å². The molecule has 1 rings (SSSR count). The Labute approximate surface area is 110 Å². The number of nitrogens with two attached hydrogens (primary N) is 1. The van der Waals surface area contributed by atoms with Crippen molar-refractivity contribution in [3.63, 3.8) is 0 Å². The van der Waals surface area contributed by atoms with Gasteiger partial charge in [-0.2, -0.15) is 0 Å². The molecule has 0 bridgehead atoms. The standard InChI is InChI=1S/C13H23NO2.ClH/c1-2-9-16-13(15)8-7-11-3-5-12(10-14)6-4-11;/h2,11-12H,1,3-10,14H2;1H/t11-,12-;. The van der Waals surface area contributed by atoms with Gasteiger partial charge >= 0.3 is 5.97 Å². The third kappa shape index (κ3) is 6.69. The molecule has 0 radical (unpaired) electrons. The van der Waals surface area contributed by atoms with E-state index in [4.69, 9.17) is 10.5 Å². The number of hydrogen-bond donors (Lipinski definition) is 1. The van der Waals surface area contributed by atoms with Gasteiger partial charge in [-0.15, -0.1) is 12.4 Å². The van der Waals surface area contributed by atoms with Gasteiger partial charge in [0.25, 0.3) is 0 Å². The maximum atomic E-state index is 11.3. The summed E-state index contributed by atoms with van der Waals surface area (Å²) < 4.78 is 4.95. The van der Waals surface area contributed by atoms with Crippen molar-refractivity contribution in [2.24, 2.45) is 17.6 Å². The highest BCUT2D eigenvalue weighted by Crippen LogP contribution is 2.30. The molecule has 0 amide bonds. The lowest BCUT2D eigenvalue weighted by Crippen LogP contribution is -2.21. The Morgan fingerprint density at radius 1 is 1.29 bits per heavy atom. The molecule has 1 aliphatic rings. The zero-order valence-electron chi connectivity index (χ0n) is 10.4. The third-order valence-electron chi connectivity index (χ3n) is 3.42. The van der Waals surface area contributed by atoms with Crippen LogP contribution in [-0.2, 0) is 9.53 Å². The first-order chi connectivity index (χ1) is 7.76. The Morgan fingerprint density at radius 2 is 1.88 bits per heavy atom. The number of esters is 1. The van der Waals surface area contributed by atoms with Crippen molar-refractivity contribution >= 4 is 18.4 Å². The van der Waals surface area contributed by atoms with Gasteiger partial charge in [-0.25, -0.2) is 0 Å². The van der Waals surface area contributed by atoms with E-state index < -0.39 is 0 Å². The molecule has 1 aliphatic carbocycles. The Hall–Kier alpha value is -0.540. The monoisotopic (exact) mass is 261 g/mol. The first-order valence-corrected chi connectivity index (χ1v) is 6.22. The largest absolute Gasteiger partial charge is 0.461 e. The van der Waals surface area contributed by atoms with Crippen molar-refractivity contribution in [3.05, 3.63) is 12.7 Å². The van der Waals surface area contributed by atoms with Gasteiger partial charge in [0.05, 0.1) is 0 Å². The highest BCUT2D eigenvalue weighted by atomic mass is 35.5. The second kappa shape index (κ2) is 9.49. The van der Waals surface area contributed by atoms with Gasteiger partial charge in [0, 0.05) is 6.42 Å². The molecule has 0 aliphatic heterocycles. The summed E-state index contributed by atoms with van der Waals surface area (Å²) in [6.45, 7) is 4.66. The van der Waals surface area contributed by atoms with E-state index in [-0.39, 0.29) is 18.4 Å². The molecule has 1 fully saturated rings. The average molecular weight is 262 g/mol. The summed E-state index contributed by atoms with van der Waals surface area (Å²) in [4.78, 5) is 11.3. The summed E-state index contributed by atoms with van der Waals surface area (Å²) in [7, 11) is 0. The van der Waals surface area contributed by atoms with Gasteiger partial charge in [-0.3, -0.25) is 4.79 Å².